The number of nitrogens with zero attached hydrogens (tertiary/aromatic N) is 4. The number of aromatic nitrogens is 4. The fraction of sp³-hybridized carbons (Fsp3) is 0.364. The monoisotopic (exact) mass is 405 g/mol. The molecule has 3 aromatic rings. The number of nitrogens with one attached hydrogen (secondary N) is 1. The van der Waals surface area contributed by atoms with E-state index in [1.807, 2.05) is 18.2 Å². The molecule has 0 spiro atoms. The van der Waals surface area contributed by atoms with Gasteiger partial charge in [0.25, 0.3) is 0 Å². The second kappa shape index (κ2) is 7.87. The second-order valence-electron chi connectivity index (χ2n) is 7.83. The molecule has 1 aliphatic heterocycles. The summed E-state index contributed by atoms with van der Waals surface area (Å²) < 4.78 is 11.1. The van der Waals surface area contributed by atoms with Crippen molar-refractivity contribution in [3.63, 3.8) is 0 Å². The van der Waals surface area contributed by atoms with E-state index < -0.39 is 0 Å². The minimum atomic E-state index is 0.101. The van der Waals surface area contributed by atoms with Crippen molar-refractivity contribution < 1.29 is 14.6 Å². The first-order valence-electron chi connectivity index (χ1n) is 10.1. The van der Waals surface area contributed by atoms with E-state index in [-0.39, 0.29) is 17.9 Å². The Hall–Kier alpha value is -3.26. The summed E-state index contributed by atoms with van der Waals surface area (Å²) in [5.74, 6) is 2.00. The molecule has 1 saturated heterocycles. The minimum Gasteiger partial charge on any atom is -0.507 e. The normalized spacial score (nSPS) is 22.6. The van der Waals surface area contributed by atoms with Crippen LogP contribution in [0.3, 0.4) is 0 Å². The van der Waals surface area contributed by atoms with Gasteiger partial charge in [-0.05, 0) is 67.1 Å². The average molecular weight is 405 g/mol. The summed E-state index contributed by atoms with van der Waals surface area (Å²) >= 11 is 0. The Morgan fingerprint density at radius 2 is 1.80 bits per heavy atom. The fourth-order valence-electron chi connectivity index (χ4n) is 4.43. The molecule has 2 atom stereocenters. The lowest BCUT2D eigenvalue weighted by atomic mass is 10.0. The smallest absolute Gasteiger partial charge is 0.335 e. The Labute approximate surface area is 174 Å². The van der Waals surface area contributed by atoms with Crippen LogP contribution in [-0.4, -0.2) is 51.6 Å². The van der Waals surface area contributed by atoms with Crippen LogP contribution >= 0.6 is 0 Å². The van der Waals surface area contributed by atoms with Crippen LogP contribution in [0, 0.1) is 11.8 Å². The third-order valence-electron chi connectivity index (χ3n) is 5.97. The van der Waals surface area contributed by atoms with Crippen LogP contribution in [0.2, 0.25) is 0 Å². The molecule has 2 fully saturated rings. The van der Waals surface area contributed by atoms with Crippen molar-refractivity contribution in [1.82, 2.24) is 25.5 Å². The Morgan fingerprint density at radius 3 is 2.50 bits per heavy atom. The maximum atomic E-state index is 10.5. The number of phenolic OH excluding ortho intramolecular Hbond substituents is 1. The molecule has 5 rings (SSSR count). The average Bonchev–Trinajstić information content (AvgIpc) is 3.36. The lowest BCUT2D eigenvalue weighted by Gasteiger charge is -2.13. The van der Waals surface area contributed by atoms with Crippen LogP contribution < -0.4 is 14.8 Å². The molecule has 2 unspecified atom stereocenters. The molecule has 1 saturated carbocycles. The number of fused-ring (bicyclic) bond motifs is 1. The fourth-order valence-corrected chi connectivity index (χ4v) is 4.43. The Balaban J connectivity index is 1.30. The van der Waals surface area contributed by atoms with Gasteiger partial charge in [-0.25, -0.2) is 9.97 Å². The maximum Gasteiger partial charge on any atom is 0.335 e. The molecule has 154 valence electrons. The SMILES string of the molecule is COc1cc(-c2ccc(-c3cnc(OC4CC5CNCC5C4)nn3)c(O)c2)ccn1. The van der Waals surface area contributed by atoms with Crippen molar-refractivity contribution in [2.24, 2.45) is 11.8 Å². The zero-order valence-electron chi connectivity index (χ0n) is 16.7. The minimum absolute atomic E-state index is 0.101. The lowest BCUT2D eigenvalue weighted by molar-refractivity contribution is 0.180. The number of aromatic hydroxyl groups is 1. The van der Waals surface area contributed by atoms with E-state index in [1.54, 1.807) is 31.6 Å². The molecule has 8 heteroatoms. The van der Waals surface area contributed by atoms with E-state index in [4.69, 9.17) is 9.47 Å². The first-order chi connectivity index (χ1) is 14.7. The van der Waals surface area contributed by atoms with Crippen molar-refractivity contribution >= 4 is 0 Å². The topological polar surface area (TPSA) is 102 Å². The van der Waals surface area contributed by atoms with E-state index in [2.05, 4.69) is 25.5 Å². The van der Waals surface area contributed by atoms with Crippen LogP contribution in [0.1, 0.15) is 12.8 Å². The van der Waals surface area contributed by atoms with Gasteiger partial charge in [0.2, 0.25) is 5.88 Å². The number of rotatable bonds is 5. The van der Waals surface area contributed by atoms with Gasteiger partial charge in [-0.3, -0.25) is 0 Å². The van der Waals surface area contributed by atoms with E-state index in [9.17, 15) is 5.11 Å². The molecule has 0 bridgehead atoms. The number of hydrogen-bond donors (Lipinski definition) is 2. The summed E-state index contributed by atoms with van der Waals surface area (Å²) in [6, 6.07) is 9.35. The Bertz CT molecular complexity index is 1030. The first-order valence-corrected chi connectivity index (χ1v) is 10.1. The number of ether oxygens (including phenoxy) is 2. The highest BCUT2D eigenvalue weighted by atomic mass is 16.5. The van der Waals surface area contributed by atoms with Crippen LogP contribution in [0.25, 0.3) is 22.4 Å². The Kier molecular flexibility index (Phi) is 4.92. The van der Waals surface area contributed by atoms with E-state index in [1.165, 1.54) is 0 Å². The lowest BCUT2D eigenvalue weighted by Crippen LogP contribution is -2.19. The predicted molar refractivity (Wildman–Crippen MR) is 110 cm³/mol. The zero-order chi connectivity index (χ0) is 20.5. The van der Waals surface area contributed by atoms with Crippen molar-refractivity contribution in [3.05, 3.63) is 42.7 Å². The zero-order valence-corrected chi connectivity index (χ0v) is 16.7. The van der Waals surface area contributed by atoms with Gasteiger partial charge in [0.05, 0.1) is 13.3 Å². The van der Waals surface area contributed by atoms with E-state index in [0.717, 1.165) is 37.1 Å². The third-order valence-corrected chi connectivity index (χ3v) is 5.97. The van der Waals surface area contributed by atoms with Gasteiger partial charge >= 0.3 is 6.01 Å². The van der Waals surface area contributed by atoms with Gasteiger partial charge in [0, 0.05) is 17.8 Å². The number of phenols is 1. The molecule has 1 aromatic carbocycles. The van der Waals surface area contributed by atoms with Crippen molar-refractivity contribution in [2.75, 3.05) is 20.2 Å². The molecule has 30 heavy (non-hydrogen) atoms. The molecular formula is C22H23N5O3. The van der Waals surface area contributed by atoms with E-state index >= 15 is 0 Å². The molecule has 2 aromatic heterocycles. The van der Waals surface area contributed by atoms with Crippen LogP contribution in [0.5, 0.6) is 17.6 Å². The largest absolute Gasteiger partial charge is 0.507 e. The summed E-state index contributed by atoms with van der Waals surface area (Å²) in [4.78, 5) is 8.42. The van der Waals surface area contributed by atoms with Gasteiger partial charge in [-0.15, -0.1) is 5.10 Å². The summed E-state index contributed by atoms with van der Waals surface area (Å²) in [7, 11) is 1.57. The molecule has 3 heterocycles. The third kappa shape index (κ3) is 3.66. The number of hydrogen-bond acceptors (Lipinski definition) is 8. The standard InChI is InChI=1S/C22H23N5O3/c1-29-21-9-14(4-5-24-21)13-2-3-18(20(28)8-13)19-12-25-22(27-26-19)30-17-6-15-10-23-11-16(15)7-17/h2-5,8-9,12,15-17,23,28H,6-7,10-11H2,1H3. The highest BCUT2D eigenvalue weighted by molar-refractivity contribution is 5.74. The molecule has 0 radical (unpaired) electrons. The van der Waals surface area contributed by atoms with Gasteiger partial charge in [-0.2, -0.15) is 0 Å². The maximum absolute atomic E-state index is 10.5. The number of methoxy groups -OCH3 is 1. The number of pyridine rings is 1. The molecule has 2 aliphatic rings. The highest BCUT2D eigenvalue weighted by Gasteiger charge is 2.38. The summed E-state index contributed by atoms with van der Waals surface area (Å²) in [6.07, 6.45) is 5.47. The summed E-state index contributed by atoms with van der Waals surface area (Å²) in [5.41, 5.74) is 2.80. The summed E-state index contributed by atoms with van der Waals surface area (Å²) in [5, 5.41) is 22.3. The highest BCUT2D eigenvalue weighted by Crippen LogP contribution is 2.36. The predicted octanol–water partition coefficient (Wildman–Crippen LogP) is 2.69. The van der Waals surface area contributed by atoms with Crippen LogP contribution in [-0.2, 0) is 0 Å². The van der Waals surface area contributed by atoms with Crippen molar-refractivity contribution in [3.8, 4) is 40.0 Å². The number of benzene rings is 1. The molecular weight excluding hydrogens is 382 g/mol. The Morgan fingerprint density at radius 1 is 1.00 bits per heavy atom. The van der Waals surface area contributed by atoms with Crippen molar-refractivity contribution in [1.29, 1.82) is 0 Å². The molecule has 2 N–H and O–H groups in total. The molecule has 8 nitrogen and oxygen atoms in total. The first kappa shape index (κ1) is 18.7. The van der Waals surface area contributed by atoms with Crippen LogP contribution in [0.4, 0.5) is 0 Å². The van der Waals surface area contributed by atoms with E-state index in [0.29, 0.717) is 29.0 Å². The molecule has 0 amide bonds. The second-order valence-corrected chi connectivity index (χ2v) is 7.83. The summed E-state index contributed by atoms with van der Waals surface area (Å²) in [6.45, 7) is 2.15. The van der Waals surface area contributed by atoms with Gasteiger partial charge < -0.3 is 19.9 Å². The van der Waals surface area contributed by atoms with Gasteiger partial charge in [0.1, 0.15) is 17.5 Å². The van der Waals surface area contributed by atoms with Gasteiger partial charge in [-0.1, -0.05) is 11.2 Å². The molecule has 1 aliphatic carbocycles. The quantitative estimate of drug-likeness (QED) is 0.668. The van der Waals surface area contributed by atoms with Crippen molar-refractivity contribution in [2.45, 2.75) is 18.9 Å². The van der Waals surface area contributed by atoms with Crippen LogP contribution in [0.15, 0.2) is 42.7 Å². The van der Waals surface area contributed by atoms with Gasteiger partial charge in [0.15, 0.2) is 0 Å².